The van der Waals surface area contributed by atoms with Gasteiger partial charge in [0, 0.05) is 4.91 Å². The first-order valence-electron chi connectivity index (χ1n) is 3.89. The average Bonchev–Trinajstić information content (AvgIpc) is 2.22. The van der Waals surface area contributed by atoms with Crippen molar-refractivity contribution in [3.8, 4) is 0 Å². The summed E-state index contributed by atoms with van der Waals surface area (Å²) in [4.78, 5) is 2.39. The third-order valence-electron chi connectivity index (χ3n) is 1.75. The molecule has 0 aliphatic carbocycles. The van der Waals surface area contributed by atoms with E-state index < -0.39 is 30.1 Å². The lowest BCUT2D eigenvalue weighted by Gasteiger charge is -2.08. The van der Waals surface area contributed by atoms with Gasteiger partial charge in [-0.05, 0) is 23.2 Å². The summed E-state index contributed by atoms with van der Waals surface area (Å²) in [6.45, 7) is -0.616. The second-order valence-electron chi connectivity index (χ2n) is 2.70. The quantitative estimate of drug-likeness (QED) is 0.359. The first kappa shape index (κ1) is 11.4. The number of hydrogen-bond donors (Lipinski definition) is 1. The van der Waals surface area contributed by atoms with Crippen LogP contribution >= 0.6 is 0 Å². The van der Waals surface area contributed by atoms with Gasteiger partial charge in [-0.25, -0.2) is 13.2 Å². The molecule has 0 spiro atoms. The molecule has 0 aliphatic rings. The molecule has 0 bridgehead atoms. The fourth-order valence-corrected chi connectivity index (χ4v) is 1.04. The highest BCUT2D eigenvalue weighted by molar-refractivity contribution is 5.22. The maximum Gasteiger partial charge on any atom is 0.194 e. The van der Waals surface area contributed by atoms with E-state index in [4.69, 9.17) is 10.6 Å². The summed E-state index contributed by atoms with van der Waals surface area (Å²) in [5, 5.41) is 11.9. The van der Waals surface area contributed by atoms with Crippen LogP contribution in [0.2, 0.25) is 0 Å². The molecule has 4 nitrogen and oxygen atoms in total. The molecule has 1 aromatic rings. The molecule has 0 fully saturated rings. The van der Waals surface area contributed by atoms with Crippen LogP contribution < -0.4 is 0 Å². The van der Waals surface area contributed by atoms with E-state index in [1.54, 1.807) is 0 Å². The van der Waals surface area contributed by atoms with Gasteiger partial charge in [0.15, 0.2) is 17.5 Å². The van der Waals surface area contributed by atoms with Crippen LogP contribution in [0.3, 0.4) is 0 Å². The van der Waals surface area contributed by atoms with Crippen LogP contribution in [0, 0.1) is 17.5 Å². The molecule has 0 heterocycles. The van der Waals surface area contributed by atoms with Crippen molar-refractivity contribution in [3.05, 3.63) is 45.6 Å². The molecule has 1 rings (SSSR count). The van der Waals surface area contributed by atoms with E-state index in [0.717, 1.165) is 0 Å². The lowest BCUT2D eigenvalue weighted by molar-refractivity contribution is 0.267. The van der Waals surface area contributed by atoms with Crippen LogP contribution in [0.1, 0.15) is 11.6 Å². The average molecular weight is 217 g/mol. The van der Waals surface area contributed by atoms with Crippen LogP contribution in [0.25, 0.3) is 10.4 Å². The Labute approximate surface area is 82.6 Å². The molecule has 1 aromatic carbocycles. The Bertz CT molecular complexity index is 395. The van der Waals surface area contributed by atoms with E-state index in [1.807, 2.05) is 0 Å². The molecule has 7 heteroatoms. The Morgan fingerprint density at radius 3 is 2.27 bits per heavy atom. The summed E-state index contributed by atoms with van der Waals surface area (Å²) in [5.74, 6) is -4.38. The number of halogens is 3. The van der Waals surface area contributed by atoms with Gasteiger partial charge in [0.2, 0.25) is 0 Å². The van der Waals surface area contributed by atoms with Crippen molar-refractivity contribution in [2.75, 3.05) is 6.61 Å². The number of benzene rings is 1. The molecule has 15 heavy (non-hydrogen) atoms. The van der Waals surface area contributed by atoms with Gasteiger partial charge in [-0.15, -0.1) is 0 Å². The van der Waals surface area contributed by atoms with Crippen molar-refractivity contribution < 1.29 is 18.3 Å². The lowest BCUT2D eigenvalue weighted by Crippen LogP contribution is -2.03. The largest absolute Gasteiger partial charge is 0.396 e. The van der Waals surface area contributed by atoms with Crippen molar-refractivity contribution in [2.45, 2.75) is 6.04 Å². The highest BCUT2D eigenvalue weighted by atomic mass is 19.2. The van der Waals surface area contributed by atoms with E-state index in [0.29, 0.717) is 12.1 Å². The van der Waals surface area contributed by atoms with Gasteiger partial charge in [0.25, 0.3) is 0 Å². The molecule has 80 valence electrons. The van der Waals surface area contributed by atoms with Gasteiger partial charge in [-0.3, -0.25) is 0 Å². The molecular weight excluding hydrogens is 211 g/mol. The summed E-state index contributed by atoms with van der Waals surface area (Å²) in [6, 6.07) is 0.224. The molecule has 1 atom stereocenters. The fourth-order valence-electron chi connectivity index (χ4n) is 1.04. The van der Waals surface area contributed by atoms with E-state index in [2.05, 4.69) is 10.0 Å². The van der Waals surface area contributed by atoms with Crippen LogP contribution in [-0.4, -0.2) is 11.7 Å². The predicted molar refractivity (Wildman–Crippen MR) is 45.3 cm³/mol. The lowest BCUT2D eigenvalue weighted by atomic mass is 10.1. The highest BCUT2D eigenvalue weighted by Crippen LogP contribution is 2.21. The van der Waals surface area contributed by atoms with Crippen LogP contribution in [0.4, 0.5) is 13.2 Å². The highest BCUT2D eigenvalue weighted by Gasteiger charge is 2.15. The van der Waals surface area contributed by atoms with Gasteiger partial charge < -0.3 is 5.11 Å². The molecule has 0 aliphatic heterocycles. The van der Waals surface area contributed by atoms with Gasteiger partial charge >= 0.3 is 0 Å². The maximum atomic E-state index is 12.7. The standard InChI is InChI=1S/C8H6F3N3O/c9-5-1-4(2-6(10)8(5)11)7(3-15)13-14-12/h1-2,7,15H,3H2. The van der Waals surface area contributed by atoms with E-state index in [9.17, 15) is 13.2 Å². The van der Waals surface area contributed by atoms with Crippen molar-refractivity contribution in [3.63, 3.8) is 0 Å². The maximum absolute atomic E-state index is 12.7. The SMILES string of the molecule is [N-]=[N+]=NC(CO)c1cc(F)c(F)c(F)c1. The second kappa shape index (κ2) is 4.68. The summed E-state index contributed by atoms with van der Waals surface area (Å²) >= 11 is 0. The Kier molecular flexibility index (Phi) is 3.54. The topological polar surface area (TPSA) is 69.0 Å². The van der Waals surface area contributed by atoms with Crippen LogP contribution in [-0.2, 0) is 0 Å². The number of rotatable bonds is 3. The minimum atomic E-state index is -1.60. The van der Waals surface area contributed by atoms with Gasteiger partial charge in [0.05, 0.1) is 12.6 Å². The number of nitrogens with zero attached hydrogens (tertiary/aromatic N) is 3. The molecule has 0 amide bonds. The number of hydrogen-bond acceptors (Lipinski definition) is 2. The molecule has 1 N–H and O–H groups in total. The molecule has 0 saturated carbocycles. The molecule has 0 saturated heterocycles. The summed E-state index contributed by atoms with van der Waals surface area (Å²) < 4.78 is 38.0. The van der Waals surface area contributed by atoms with Gasteiger partial charge in [-0.2, -0.15) is 0 Å². The monoisotopic (exact) mass is 217 g/mol. The van der Waals surface area contributed by atoms with Crippen molar-refractivity contribution in [2.24, 2.45) is 5.11 Å². The third-order valence-corrected chi connectivity index (χ3v) is 1.75. The van der Waals surface area contributed by atoms with Gasteiger partial charge in [0.1, 0.15) is 0 Å². The Balaban J connectivity index is 3.19. The Hall–Kier alpha value is -1.72. The van der Waals surface area contributed by atoms with Crippen molar-refractivity contribution in [1.29, 1.82) is 0 Å². The summed E-state index contributed by atoms with van der Waals surface area (Å²) in [6.07, 6.45) is 0. The molecule has 1 unspecified atom stereocenters. The van der Waals surface area contributed by atoms with Crippen molar-refractivity contribution in [1.82, 2.24) is 0 Å². The summed E-state index contributed by atoms with van der Waals surface area (Å²) in [7, 11) is 0. The number of aliphatic hydroxyl groups is 1. The number of aliphatic hydroxyl groups excluding tert-OH is 1. The molecule has 0 aromatic heterocycles. The zero-order valence-corrected chi connectivity index (χ0v) is 7.36. The fraction of sp³-hybridized carbons (Fsp3) is 0.250. The smallest absolute Gasteiger partial charge is 0.194 e. The normalized spacial score (nSPS) is 12.0. The third kappa shape index (κ3) is 2.39. The first-order valence-corrected chi connectivity index (χ1v) is 3.89. The zero-order chi connectivity index (χ0) is 11.4. The number of azide groups is 1. The second-order valence-corrected chi connectivity index (χ2v) is 2.70. The Morgan fingerprint density at radius 2 is 1.87 bits per heavy atom. The van der Waals surface area contributed by atoms with Gasteiger partial charge in [-0.1, -0.05) is 5.11 Å². The molecular formula is C8H6F3N3O. The summed E-state index contributed by atoms with van der Waals surface area (Å²) in [5.41, 5.74) is 7.99. The zero-order valence-electron chi connectivity index (χ0n) is 7.36. The minimum absolute atomic E-state index is 0.119. The van der Waals surface area contributed by atoms with E-state index >= 15 is 0 Å². The Morgan fingerprint density at radius 1 is 1.33 bits per heavy atom. The minimum Gasteiger partial charge on any atom is -0.396 e. The van der Waals surface area contributed by atoms with E-state index in [1.165, 1.54) is 0 Å². The van der Waals surface area contributed by atoms with E-state index in [-0.39, 0.29) is 5.56 Å². The molecule has 0 radical (unpaired) electrons. The van der Waals surface area contributed by atoms with Crippen molar-refractivity contribution >= 4 is 0 Å². The predicted octanol–water partition coefficient (Wildman–Crippen LogP) is 2.45. The van der Waals surface area contributed by atoms with Crippen LogP contribution in [0.15, 0.2) is 17.2 Å². The first-order chi connectivity index (χ1) is 7.10. The van der Waals surface area contributed by atoms with Crippen LogP contribution in [0.5, 0.6) is 0 Å².